The molecule has 0 unspecified atom stereocenters. The van der Waals surface area contributed by atoms with Crippen molar-refractivity contribution in [1.29, 1.82) is 0 Å². The van der Waals surface area contributed by atoms with Crippen LogP contribution in [0.1, 0.15) is 37.8 Å². The van der Waals surface area contributed by atoms with E-state index in [9.17, 15) is 4.79 Å². The van der Waals surface area contributed by atoms with Crippen LogP contribution in [-0.4, -0.2) is 60.5 Å². The average molecular weight is 385 g/mol. The molecule has 0 saturated carbocycles. The lowest BCUT2D eigenvalue weighted by molar-refractivity contribution is -0.125. The third-order valence-electron chi connectivity index (χ3n) is 5.33. The first-order chi connectivity index (χ1) is 13.3. The van der Waals surface area contributed by atoms with Crippen molar-refractivity contribution in [3.8, 4) is 5.75 Å². The van der Waals surface area contributed by atoms with Gasteiger partial charge in [-0.15, -0.1) is 6.58 Å². The largest absolute Gasteiger partial charge is 0.491 e. The zero-order valence-electron chi connectivity index (χ0n) is 17.5. The van der Waals surface area contributed by atoms with E-state index < -0.39 is 5.54 Å². The van der Waals surface area contributed by atoms with Gasteiger partial charge >= 0.3 is 0 Å². The fourth-order valence-corrected chi connectivity index (χ4v) is 3.80. The predicted octanol–water partition coefficient (Wildman–Crippen LogP) is 2.58. The summed E-state index contributed by atoms with van der Waals surface area (Å²) in [6, 6.07) is 6.42. The van der Waals surface area contributed by atoms with Crippen molar-refractivity contribution < 1.29 is 9.53 Å². The quantitative estimate of drug-likeness (QED) is 0.766. The number of carbonyl (C=O) groups is 1. The van der Waals surface area contributed by atoms with Gasteiger partial charge < -0.3 is 9.64 Å². The number of guanidine groups is 1. The molecule has 0 radical (unpaired) electrons. The molecule has 1 aromatic rings. The van der Waals surface area contributed by atoms with Crippen LogP contribution in [0.4, 0.5) is 0 Å². The molecule has 3 rings (SSSR count). The van der Waals surface area contributed by atoms with Gasteiger partial charge in [0.05, 0.1) is 6.10 Å². The van der Waals surface area contributed by atoms with E-state index in [0.717, 1.165) is 44.6 Å². The molecule has 1 spiro atoms. The Morgan fingerprint density at radius 1 is 1.36 bits per heavy atom. The molecular formula is C22H32N4O2. The molecule has 6 nitrogen and oxygen atoms in total. The standard InChI is InChI=1S/C22H32N4O2/c1-6-7-18-14-17(8-9-19(18)28-16(2)3)15-26-12-10-22(11-13-26)20(27)23-21(24-22)25(4)5/h6,8-9,14,16H,1,7,10-13,15H2,2-5H3,(H,23,24,27). The number of likely N-dealkylation sites (tertiary alicyclic amines) is 1. The maximum Gasteiger partial charge on any atom is 0.254 e. The number of amides is 1. The Bertz CT molecular complexity index is 762. The van der Waals surface area contributed by atoms with Crippen LogP contribution in [0.15, 0.2) is 35.8 Å². The molecule has 1 saturated heterocycles. The number of aliphatic imine (C=N–C) groups is 1. The van der Waals surface area contributed by atoms with Gasteiger partial charge in [0.25, 0.3) is 5.91 Å². The predicted molar refractivity (Wildman–Crippen MR) is 113 cm³/mol. The maximum absolute atomic E-state index is 12.5. The summed E-state index contributed by atoms with van der Waals surface area (Å²) >= 11 is 0. The summed E-state index contributed by atoms with van der Waals surface area (Å²) in [7, 11) is 3.81. The Hall–Kier alpha value is -2.34. The van der Waals surface area contributed by atoms with Crippen LogP contribution in [0.2, 0.25) is 0 Å². The minimum absolute atomic E-state index is 0.0410. The minimum atomic E-state index is -0.584. The fourth-order valence-electron chi connectivity index (χ4n) is 3.80. The summed E-state index contributed by atoms with van der Waals surface area (Å²) in [5, 5.41) is 2.92. The summed E-state index contributed by atoms with van der Waals surface area (Å²) in [5.41, 5.74) is 1.85. The Morgan fingerprint density at radius 2 is 2.07 bits per heavy atom. The van der Waals surface area contributed by atoms with Crippen LogP contribution < -0.4 is 10.1 Å². The number of allylic oxidation sites excluding steroid dienone is 1. The van der Waals surface area contributed by atoms with E-state index in [1.165, 1.54) is 11.1 Å². The second kappa shape index (κ2) is 8.35. The molecule has 0 atom stereocenters. The minimum Gasteiger partial charge on any atom is -0.491 e. The van der Waals surface area contributed by atoms with Crippen molar-refractivity contribution in [2.75, 3.05) is 27.2 Å². The summed E-state index contributed by atoms with van der Waals surface area (Å²) in [4.78, 5) is 21.4. The zero-order valence-corrected chi connectivity index (χ0v) is 17.5. The summed E-state index contributed by atoms with van der Waals surface area (Å²) in [6.07, 6.45) is 4.36. The van der Waals surface area contributed by atoms with Gasteiger partial charge in [0.2, 0.25) is 5.96 Å². The highest BCUT2D eigenvalue weighted by atomic mass is 16.5. The monoisotopic (exact) mass is 384 g/mol. The molecule has 1 N–H and O–H groups in total. The van der Waals surface area contributed by atoms with E-state index in [0.29, 0.717) is 5.96 Å². The van der Waals surface area contributed by atoms with Gasteiger partial charge in [-0.25, -0.2) is 4.99 Å². The molecule has 1 fully saturated rings. The van der Waals surface area contributed by atoms with Gasteiger partial charge in [0, 0.05) is 33.7 Å². The van der Waals surface area contributed by atoms with Gasteiger partial charge in [0.1, 0.15) is 11.3 Å². The second-order valence-corrected chi connectivity index (χ2v) is 8.19. The van der Waals surface area contributed by atoms with Crippen molar-refractivity contribution in [2.24, 2.45) is 4.99 Å². The first-order valence-corrected chi connectivity index (χ1v) is 10.0. The number of nitrogens with zero attached hydrogens (tertiary/aromatic N) is 3. The van der Waals surface area contributed by atoms with E-state index >= 15 is 0 Å². The number of piperidine rings is 1. The Labute approximate surface area is 168 Å². The Balaban J connectivity index is 1.65. The number of benzene rings is 1. The van der Waals surface area contributed by atoms with Crippen molar-refractivity contribution in [3.63, 3.8) is 0 Å². The smallest absolute Gasteiger partial charge is 0.254 e. The van der Waals surface area contributed by atoms with Gasteiger partial charge in [-0.1, -0.05) is 18.2 Å². The molecule has 6 heteroatoms. The molecule has 1 amide bonds. The van der Waals surface area contributed by atoms with Crippen molar-refractivity contribution in [2.45, 2.75) is 51.3 Å². The van der Waals surface area contributed by atoms with E-state index in [2.05, 4.69) is 35.0 Å². The highest BCUT2D eigenvalue weighted by molar-refractivity contribution is 6.07. The molecule has 2 aliphatic heterocycles. The third-order valence-corrected chi connectivity index (χ3v) is 5.33. The molecule has 0 aromatic heterocycles. The first-order valence-electron chi connectivity index (χ1n) is 10.0. The normalized spacial score (nSPS) is 18.9. The molecular weight excluding hydrogens is 352 g/mol. The van der Waals surface area contributed by atoms with Crippen LogP contribution in [-0.2, 0) is 17.8 Å². The number of rotatable bonds is 6. The first kappa shape index (κ1) is 20.4. The Kier molecular flexibility index (Phi) is 6.08. The lowest BCUT2D eigenvalue weighted by Gasteiger charge is -2.35. The van der Waals surface area contributed by atoms with Crippen LogP contribution in [0, 0.1) is 0 Å². The van der Waals surface area contributed by atoms with Gasteiger partial charge in [0.15, 0.2) is 0 Å². The molecule has 0 aliphatic carbocycles. The van der Waals surface area contributed by atoms with Crippen molar-refractivity contribution >= 4 is 11.9 Å². The SMILES string of the molecule is C=CCc1cc(CN2CCC3(CC2)N=C(N(C)C)NC3=O)ccc1OC(C)C. The summed E-state index contributed by atoms with van der Waals surface area (Å²) in [5.74, 6) is 1.65. The molecule has 1 aromatic carbocycles. The third kappa shape index (κ3) is 4.38. The van der Waals surface area contributed by atoms with Crippen LogP contribution >= 0.6 is 0 Å². The van der Waals surface area contributed by atoms with Crippen molar-refractivity contribution in [3.05, 3.63) is 42.0 Å². The van der Waals surface area contributed by atoms with Gasteiger partial charge in [-0.3, -0.25) is 15.0 Å². The molecule has 152 valence electrons. The topological polar surface area (TPSA) is 57.2 Å². The number of nitrogens with one attached hydrogen (secondary N) is 1. The lowest BCUT2D eigenvalue weighted by atomic mass is 9.88. The number of hydrogen-bond acceptors (Lipinski definition) is 5. The molecule has 2 heterocycles. The zero-order chi connectivity index (χ0) is 20.3. The van der Waals surface area contributed by atoms with E-state index in [1.807, 2.05) is 38.9 Å². The van der Waals surface area contributed by atoms with Gasteiger partial charge in [-0.05, 0) is 50.3 Å². The van der Waals surface area contributed by atoms with E-state index in [-0.39, 0.29) is 12.0 Å². The molecule has 28 heavy (non-hydrogen) atoms. The fraction of sp³-hybridized carbons (Fsp3) is 0.545. The summed E-state index contributed by atoms with van der Waals surface area (Å²) in [6.45, 7) is 10.5. The number of hydrogen-bond donors (Lipinski definition) is 1. The van der Waals surface area contributed by atoms with Gasteiger partial charge in [-0.2, -0.15) is 0 Å². The lowest BCUT2D eigenvalue weighted by Crippen LogP contribution is -2.49. The highest BCUT2D eigenvalue weighted by Crippen LogP contribution is 2.31. The highest BCUT2D eigenvalue weighted by Gasteiger charge is 2.46. The van der Waals surface area contributed by atoms with Crippen LogP contribution in [0.25, 0.3) is 0 Å². The van der Waals surface area contributed by atoms with Crippen LogP contribution in [0.5, 0.6) is 5.75 Å². The second-order valence-electron chi connectivity index (χ2n) is 8.19. The Morgan fingerprint density at radius 3 is 2.64 bits per heavy atom. The number of ether oxygens (including phenoxy) is 1. The van der Waals surface area contributed by atoms with Crippen molar-refractivity contribution in [1.82, 2.24) is 15.1 Å². The number of carbonyl (C=O) groups excluding carboxylic acids is 1. The maximum atomic E-state index is 12.5. The molecule has 0 bridgehead atoms. The van der Waals surface area contributed by atoms with E-state index in [1.54, 1.807) is 0 Å². The molecule has 2 aliphatic rings. The van der Waals surface area contributed by atoms with E-state index in [4.69, 9.17) is 9.73 Å². The average Bonchev–Trinajstić information content (AvgIpc) is 2.96. The van der Waals surface area contributed by atoms with Crippen LogP contribution in [0.3, 0.4) is 0 Å². The summed E-state index contributed by atoms with van der Waals surface area (Å²) < 4.78 is 5.92.